The van der Waals surface area contributed by atoms with Gasteiger partial charge < -0.3 is 9.84 Å². The SMILES string of the molecule is C[C@@]12C(=O)N(c3ccc(F)c(Cl)c3)C(=O)[C@@H]1C[C@@H]1C(=CC[C@@H]3C(=O)N(c4ccc([N+](=O)[O-])cc4)C(=O)[C@@H]31)[C@@H]2c1cc(OC(F)(F)F)ccc1O. The van der Waals surface area contributed by atoms with Gasteiger partial charge in [-0.2, -0.15) is 0 Å². The molecule has 2 saturated heterocycles. The topological polar surface area (TPSA) is 147 Å². The molecule has 2 heterocycles. The van der Waals surface area contributed by atoms with Crippen molar-refractivity contribution in [3.63, 3.8) is 0 Å². The van der Waals surface area contributed by atoms with Crippen LogP contribution >= 0.6 is 11.6 Å². The number of phenolic OH excluding ortho intramolecular Hbond substituents is 1. The summed E-state index contributed by atoms with van der Waals surface area (Å²) in [5, 5.41) is 21.9. The number of imide groups is 2. The van der Waals surface area contributed by atoms with E-state index in [1.165, 1.54) is 25.1 Å². The molecule has 3 aromatic rings. The van der Waals surface area contributed by atoms with Crippen molar-refractivity contribution < 1.29 is 51.5 Å². The molecule has 0 spiro atoms. The van der Waals surface area contributed by atoms with E-state index in [4.69, 9.17) is 11.6 Å². The van der Waals surface area contributed by atoms with Crippen molar-refractivity contribution in [1.29, 1.82) is 0 Å². The number of rotatable bonds is 5. The number of nitro groups is 1. The van der Waals surface area contributed by atoms with Crippen LogP contribution in [0.5, 0.6) is 11.5 Å². The van der Waals surface area contributed by atoms with Crippen molar-refractivity contribution >= 4 is 52.3 Å². The molecule has 4 amide bonds. The Balaban J connectivity index is 1.37. The van der Waals surface area contributed by atoms with Gasteiger partial charge in [-0.25, -0.2) is 9.29 Å². The Kier molecular flexibility index (Phi) is 7.55. The normalized spacial score (nSPS) is 27.6. The van der Waals surface area contributed by atoms with E-state index in [0.29, 0.717) is 5.57 Å². The number of hydrogen-bond donors (Lipinski definition) is 1. The zero-order chi connectivity index (χ0) is 36.0. The van der Waals surface area contributed by atoms with Crippen molar-refractivity contribution in [2.75, 3.05) is 9.80 Å². The smallest absolute Gasteiger partial charge is 0.508 e. The summed E-state index contributed by atoms with van der Waals surface area (Å²) in [5.74, 6) is -10.3. The lowest BCUT2D eigenvalue weighted by Crippen LogP contribution is -2.49. The Morgan fingerprint density at radius 1 is 0.940 bits per heavy atom. The molecule has 1 saturated carbocycles. The Morgan fingerprint density at radius 3 is 2.26 bits per heavy atom. The van der Waals surface area contributed by atoms with Gasteiger partial charge in [0.05, 0.1) is 44.5 Å². The first-order valence-electron chi connectivity index (χ1n) is 15.3. The third kappa shape index (κ3) is 4.93. The number of hydrogen-bond acceptors (Lipinski definition) is 8. The third-order valence-electron chi connectivity index (χ3n) is 10.3. The van der Waals surface area contributed by atoms with Gasteiger partial charge in [-0.15, -0.1) is 13.2 Å². The lowest BCUT2D eigenvalue weighted by atomic mass is 9.51. The molecular weight excluding hydrogens is 690 g/mol. The van der Waals surface area contributed by atoms with Gasteiger partial charge in [0.2, 0.25) is 23.6 Å². The zero-order valence-corrected chi connectivity index (χ0v) is 26.4. The van der Waals surface area contributed by atoms with Crippen LogP contribution in [0.15, 0.2) is 72.3 Å². The molecular formula is C34H24ClF4N3O8. The number of allylic oxidation sites excluding steroid dienone is 2. The van der Waals surface area contributed by atoms with Gasteiger partial charge in [-0.05, 0) is 74.2 Å². The summed E-state index contributed by atoms with van der Waals surface area (Å²) in [4.78, 5) is 68.9. The summed E-state index contributed by atoms with van der Waals surface area (Å²) in [6, 6.07) is 10.8. The fraction of sp³-hybridized carbons (Fsp3) is 0.294. The molecule has 7 rings (SSSR count). The Bertz CT molecular complexity index is 2050. The number of fused-ring (bicyclic) bond motifs is 4. The van der Waals surface area contributed by atoms with Gasteiger partial charge in [-0.3, -0.25) is 34.2 Å². The quantitative estimate of drug-likeness (QED) is 0.105. The summed E-state index contributed by atoms with van der Waals surface area (Å²) in [6.07, 6.45) is -3.65. The molecule has 2 aliphatic carbocycles. The number of nitrogens with zero attached hydrogens (tertiary/aromatic N) is 3. The largest absolute Gasteiger partial charge is 0.573 e. The molecule has 0 radical (unpaired) electrons. The van der Waals surface area contributed by atoms with Crippen molar-refractivity contribution in [3.05, 3.63) is 98.8 Å². The van der Waals surface area contributed by atoms with E-state index in [1.54, 1.807) is 6.08 Å². The highest BCUT2D eigenvalue weighted by molar-refractivity contribution is 6.32. The van der Waals surface area contributed by atoms with Gasteiger partial charge in [0.25, 0.3) is 5.69 Å². The molecule has 2 aliphatic heterocycles. The van der Waals surface area contributed by atoms with E-state index < -0.39 is 87.2 Å². The number of carbonyl (C=O) groups excluding carboxylic acids is 4. The number of non-ortho nitro benzene ring substituents is 1. The second-order valence-electron chi connectivity index (χ2n) is 12.8. The first-order chi connectivity index (χ1) is 23.5. The number of phenols is 1. The van der Waals surface area contributed by atoms with Gasteiger partial charge >= 0.3 is 6.36 Å². The number of carbonyl (C=O) groups is 4. The average Bonchev–Trinajstić information content (AvgIpc) is 3.42. The highest BCUT2D eigenvalue weighted by Crippen LogP contribution is 2.64. The van der Waals surface area contributed by atoms with Crippen LogP contribution in [0.2, 0.25) is 5.02 Å². The summed E-state index contributed by atoms with van der Waals surface area (Å²) >= 11 is 5.99. The molecule has 16 heteroatoms. The molecule has 4 aliphatic rings. The maximum absolute atomic E-state index is 14.5. The van der Waals surface area contributed by atoms with Crippen LogP contribution in [0.4, 0.5) is 34.6 Å². The van der Waals surface area contributed by atoms with Crippen LogP contribution in [0.3, 0.4) is 0 Å². The minimum atomic E-state index is -5.11. The first kappa shape index (κ1) is 33.2. The molecule has 50 heavy (non-hydrogen) atoms. The lowest BCUT2D eigenvalue weighted by molar-refractivity contribution is -0.384. The Hall–Kier alpha value is -5.31. The van der Waals surface area contributed by atoms with Crippen LogP contribution in [-0.4, -0.2) is 40.0 Å². The maximum atomic E-state index is 14.5. The second kappa shape index (κ2) is 11.4. The fourth-order valence-electron chi connectivity index (χ4n) is 8.17. The second-order valence-corrected chi connectivity index (χ2v) is 13.2. The minimum Gasteiger partial charge on any atom is -0.508 e. The monoisotopic (exact) mass is 713 g/mol. The van der Waals surface area contributed by atoms with E-state index in [0.717, 1.165) is 52.3 Å². The standard InChI is InChI=1S/C34H24ClF4N3O8/c1-33-23(30(45)41(32(33)47)17-6-10-25(36)24(35)12-17)14-21-19(28(33)22-13-18(7-11-26(22)43)50-34(37,38)39)8-9-20-27(21)31(46)40(29(20)44)15-2-4-16(5-3-15)42(48)49/h2-8,10-13,20-21,23,27-28,43H,9,14H2,1H3/t20-,21+,23-,27-,28+,33+/m0/s1. The van der Waals surface area contributed by atoms with E-state index in [9.17, 15) is 52.0 Å². The van der Waals surface area contributed by atoms with Crippen molar-refractivity contribution in [2.45, 2.75) is 32.0 Å². The fourth-order valence-corrected chi connectivity index (χ4v) is 8.34. The Morgan fingerprint density at radius 2 is 1.62 bits per heavy atom. The van der Waals surface area contributed by atoms with E-state index in [1.807, 2.05) is 0 Å². The van der Waals surface area contributed by atoms with Crippen LogP contribution < -0.4 is 14.5 Å². The molecule has 0 bridgehead atoms. The lowest BCUT2D eigenvalue weighted by Gasteiger charge is -2.49. The number of aromatic hydroxyl groups is 1. The Labute approximate surface area is 284 Å². The summed E-state index contributed by atoms with van der Waals surface area (Å²) in [7, 11) is 0. The third-order valence-corrected chi connectivity index (χ3v) is 10.6. The molecule has 3 aromatic carbocycles. The van der Waals surface area contributed by atoms with Crippen molar-refractivity contribution in [2.24, 2.45) is 29.1 Å². The summed E-state index contributed by atoms with van der Waals surface area (Å²) in [6.45, 7) is 1.44. The van der Waals surface area contributed by atoms with Gasteiger partial charge in [-0.1, -0.05) is 23.3 Å². The molecule has 0 aromatic heterocycles. The van der Waals surface area contributed by atoms with Crippen LogP contribution in [0.1, 0.15) is 31.2 Å². The number of anilines is 2. The summed E-state index contributed by atoms with van der Waals surface area (Å²) in [5.41, 5.74) is -1.83. The predicted molar refractivity (Wildman–Crippen MR) is 166 cm³/mol. The van der Waals surface area contributed by atoms with Gasteiger partial charge in [0.15, 0.2) is 0 Å². The number of amides is 4. The molecule has 0 unspecified atom stereocenters. The number of benzene rings is 3. The van der Waals surface area contributed by atoms with Crippen LogP contribution in [0.25, 0.3) is 0 Å². The number of nitro benzene ring substituents is 1. The predicted octanol–water partition coefficient (Wildman–Crippen LogP) is 6.43. The number of alkyl halides is 3. The zero-order valence-electron chi connectivity index (χ0n) is 25.7. The molecule has 6 atom stereocenters. The van der Waals surface area contributed by atoms with E-state index in [2.05, 4.69) is 4.74 Å². The number of halogens is 5. The van der Waals surface area contributed by atoms with Crippen LogP contribution in [-0.2, 0) is 19.2 Å². The number of ether oxygens (including phenoxy) is 1. The highest BCUT2D eigenvalue weighted by atomic mass is 35.5. The van der Waals surface area contributed by atoms with Gasteiger partial charge in [0, 0.05) is 23.6 Å². The van der Waals surface area contributed by atoms with E-state index in [-0.39, 0.29) is 40.5 Å². The molecule has 1 N–H and O–H groups in total. The van der Waals surface area contributed by atoms with Crippen molar-refractivity contribution in [3.8, 4) is 11.5 Å². The summed E-state index contributed by atoms with van der Waals surface area (Å²) < 4.78 is 58.1. The van der Waals surface area contributed by atoms with Crippen molar-refractivity contribution in [1.82, 2.24) is 0 Å². The van der Waals surface area contributed by atoms with Gasteiger partial charge in [0.1, 0.15) is 17.3 Å². The minimum absolute atomic E-state index is 0.0271. The first-order valence-corrected chi connectivity index (χ1v) is 15.6. The maximum Gasteiger partial charge on any atom is 0.573 e. The molecule has 11 nitrogen and oxygen atoms in total. The molecule has 258 valence electrons. The molecule has 3 fully saturated rings. The van der Waals surface area contributed by atoms with Crippen LogP contribution in [0, 0.1) is 45.0 Å². The van der Waals surface area contributed by atoms with E-state index >= 15 is 0 Å². The average molecular weight is 714 g/mol. The highest BCUT2D eigenvalue weighted by Gasteiger charge is 2.68.